The van der Waals surface area contributed by atoms with Crippen molar-refractivity contribution >= 4 is 0 Å². The van der Waals surface area contributed by atoms with Gasteiger partial charge < -0.3 is 10.1 Å². The molecule has 1 unspecified atom stereocenters. The summed E-state index contributed by atoms with van der Waals surface area (Å²) in [4.78, 5) is 6.80. The Hall–Kier alpha value is -2.54. The van der Waals surface area contributed by atoms with Gasteiger partial charge in [0.1, 0.15) is 0 Å². The van der Waals surface area contributed by atoms with Crippen molar-refractivity contribution < 1.29 is 4.74 Å². The van der Waals surface area contributed by atoms with Crippen LogP contribution in [-0.4, -0.2) is 58.6 Å². The van der Waals surface area contributed by atoms with Gasteiger partial charge in [0.2, 0.25) is 0 Å². The summed E-state index contributed by atoms with van der Waals surface area (Å²) in [6.07, 6.45) is 6.06. The Labute approximate surface area is 185 Å². The van der Waals surface area contributed by atoms with Gasteiger partial charge in [-0.15, -0.1) is 0 Å². The first kappa shape index (κ1) is 21.7. The lowest BCUT2D eigenvalue weighted by Crippen LogP contribution is -2.47. The Morgan fingerprint density at radius 2 is 2.03 bits per heavy atom. The largest absolute Gasteiger partial charge is 0.374 e. The molecule has 0 bridgehead atoms. The van der Waals surface area contributed by atoms with E-state index in [1.54, 1.807) is 6.20 Å². The molecule has 1 saturated heterocycles. The van der Waals surface area contributed by atoms with Gasteiger partial charge in [-0.05, 0) is 23.6 Å². The van der Waals surface area contributed by atoms with Crippen LogP contribution >= 0.6 is 0 Å². The van der Waals surface area contributed by atoms with E-state index in [0.717, 1.165) is 57.1 Å². The minimum Gasteiger partial charge on any atom is -0.374 e. The van der Waals surface area contributed by atoms with Gasteiger partial charge in [0, 0.05) is 62.4 Å². The normalized spacial score (nSPS) is 17.3. The SMILES string of the molecule is CC(C)CN1CCOC(CNCc2cn(Cc3ccccc3)nc2-c2cccnc2)C1. The smallest absolute Gasteiger partial charge is 0.0983 e. The number of hydrogen-bond donors (Lipinski definition) is 1. The van der Waals surface area contributed by atoms with E-state index in [9.17, 15) is 0 Å². The lowest BCUT2D eigenvalue weighted by Gasteiger charge is -2.34. The topological polar surface area (TPSA) is 55.2 Å². The Kier molecular flexibility index (Phi) is 7.46. The Balaban J connectivity index is 1.41. The van der Waals surface area contributed by atoms with Gasteiger partial charge in [0.25, 0.3) is 0 Å². The zero-order valence-electron chi connectivity index (χ0n) is 18.6. The van der Waals surface area contributed by atoms with Crippen LogP contribution in [0.3, 0.4) is 0 Å². The maximum Gasteiger partial charge on any atom is 0.0983 e. The summed E-state index contributed by atoms with van der Waals surface area (Å²) in [6.45, 7) is 10.9. The lowest BCUT2D eigenvalue weighted by atomic mass is 10.1. The van der Waals surface area contributed by atoms with Gasteiger partial charge in [-0.1, -0.05) is 44.2 Å². The van der Waals surface area contributed by atoms with Crippen LogP contribution in [-0.2, 0) is 17.8 Å². The van der Waals surface area contributed by atoms with E-state index in [4.69, 9.17) is 9.84 Å². The number of pyridine rings is 1. The number of nitrogens with one attached hydrogen (secondary N) is 1. The first-order valence-electron chi connectivity index (χ1n) is 11.2. The molecule has 0 amide bonds. The molecule has 1 N–H and O–H groups in total. The second kappa shape index (κ2) is 10.7. The molecule has 1 aliphatic heterocycles. The van der Waals surface area contributed by atoms with Crippen LogP contribution in [0.5, 0.6) is 0 Å². The standard InChI is InChI=1S/C25H33N5O/c1-20(2)16-29-11-12-31-24(19-29)15-27-14-23-18-30(17-21-7-4-3-5-8-21)28-25(23)22-9-6-10-26-13-22/h3-10,13,18,20,24,27H,11-12,14-17,19H2,1-2H3. The Bertz CT molecular complexity index is 926. The van der Waals surface area contributed by atoms with Gasteiger partial charge in [-0.3, -0.25) is 14.6 Å². The Morgan fingerprint density at radius 3 is 2.81 bits per heavy atom. The highest BCUT2D eigenvalue weighted by Gasteiger charge is 2.21. The summed E-state index contributed by atoms with van der Waals surface area (Å²) in [5.41, 5.74) is 4.45. The fourth-order valence-electron chi connectivity index (χ4n) is 4.14. The maximum atomic E-state index is 5.99. The Morgan fingerprint density at radius 1 is 1.16 bits per heavy atom. The third-order valence-electron chi connectivity index (χ3n) is 5.49. The van der Waals surface area contributed by atoms with E-state index >= 15 is 0 Å². The maximum absolute atomic E-state index is 5.99. The number of nitrogens with zero attached hydrogens (tertiary/aromatic N) is 4. The predicted octanol–water partition coefficient (Wildman–Crippen LogP) is 3.44. The summed E-state index contributed by atoms with van der Waals surface area (Å²) in [6, 6.07) is 14.5. The third-order valence-corrected chi connectivity index (χ3v) is 5.49. The zero-order valence-corrected chi connectivity index (χ0v) is 18.6. The number of rotatable bonds is 9. The molecule has 4 rings (SSSR count). The van der Waals surface area contributed by atoms with Gasteiger partial charge in [-0.25, -0.2) is 0 Å². The minimum atomic E-state index is 0.230. The molecule has 3 heterocycles. The van der Waals surface area contributed by atoms with E-state index in [1.165, 1.54) is 11.1 Å². The van der Waals surface area contributed by atoms with Gasteiger partial charge in [-0.2, -0.15) is 5.10 Å². The first-order valence-corrected chi connectivity index (χ1v) is 11.2. The molecule has 0 aliphatic carbocycles. The predicted molar refractivity (Wildman–Crippen MR) is 124 cm³/mol. The van der Waals surface area contributed by atoms with Crippen LogP contribution in [0.4, 0.5) is 0 Å². The molecule has 6 nitrogen and oxygen atoms in total. The fraction of sp³-hybridized carbons (Fsp3) is 0.440. The first-order chi connectivity index (χ1) is 15.2. The van der Waals surface area contributed by atoms with E-state index in [0.29, 0.717) is 5.92 Å². The van der Waals surface area contributed by atoms with Crippen molar-refractivity contribution in [2.75, 3.05) is 32.8 Å². The van der Waals surface area contributed by atoms with Crippen molar-refractivity contribution in [3.63, 3.8) is 0 Å². The zero-order chi connectivity index (χ0) is 21.5. The van der Waals surface area contributed by atoms with Crippen LogP contribution < -0.4 is 5.32 Å². The van der Waals surface area contributed by atoms with E-state index in [-0.39, 0.29) is 6.10 Å². The van der Waals surface area contributed by atoms with E-state index in [2.05, 4.69) is 65.6 Å². The molecule has 1 atom stereocenters. The molecule has 1 aromatic carbocycles. The monoisotopic (exact) mass is 419 g/mol. The second-order valence-corrected chi connectivity index (χ2v) is 8.70. The van der Waals surface area contributed by atoms with Crippen molar-refractivity contribution in [1.82, 2.24) is 25.0 Å². The van der Waals surface area contributed by atoms with Crippen molar-refractivity contribution in [1.29, 1.82) is 0 Å². The number of aromatic nitrogens is 3. The highest BCUT2D eigenvalue weighted by atomic mass is 16.5. The average Bonchev–Trinajstić information content (AvgIpc) is 3.17. The molecule has 3 aromatic rings. The van der Waals surface area contributed by atoms with E-state index < -0.39 is 0 Å². The molecule has 164 valence electrons. The van der Waals surface area contributed by atoms with Gasteiger partial charge in [0.15, 0.2) is 0 Å². The van der Waals surface area contributed by atoms with Gasteiger partial charge >= 0.3 is 0 Å². The van der Waals surface area contributed by atoms with Crippen LogP contribution in [0.25, 0.3) is 11.3 Å². The summed E-state index contributed by atoms with van der Waals surface area (Å²) in [7, 11) is 0. The van der Waals surface area contributed by atoms with Crippen LogP contribution in [0, 0.1) is 5.92 Å². The summed E-state index contributed by atoms with van der Waals surface area (Å²) < 4.78 is 8.02. The van der Waals surface area contributed by atoms with Crippen LogP contribution in [0.2, 0.25) is 0 Å². The molecule has 0 spiro atoms. The molecule has 0 radical (unpaired) electrons. The molecule has 1 fully saturated rings. The van der Waals surface area contributed by atoms with Crippen molar-refractivity contribution in [3.05, 3.63) is 72.2 Å². The number of benzene rings is 1. The number of hydrogen-bond acceptors (Lipinski definition) is 5. The summed E-state index contributed by atoms with van der Waals surface area (Å²) in [5.74, 6) is 0.684. The summed E-state index contributed by atoms with van der Waals surface area (Å²) in [5, 5.41) is 8.49. The van der Waals surface area contributed by atoms with Crippen molar-refractivity contribution in [2.45, 2.75) is 33.0 Å². The molecule has 6 heteroatoms. The average molecular weight is 420 g/mol. The number of ether oxygens (including phenoxy) is 1. The molecular formula is C25H33N5O. The number of morpholine rings is 1. The second-order valence-electron chi connectivity index (χ2n) is 8.70. The van der Waals surface area contributed by atoms with Crippen LogP contribution in [0.15, 0.2) is 61.1 Å². The quantitative estimate of drug-likeness (QED) is 0.576. The molecular weight excluding hydrogens is 386 g/mol. The minimum absolute atomic E-state index is 0.230. The fourth-order valence-corrected chi connectivity index (χ4v) is 4.14. The van der Waals surface area contributed by atoms with Crippen molar-refractivity contribution in [3.8, 4) is 11.3 Å². The van der Waals surface area contributed by atoms with Gasteiger partial charge in [0.05, 0.1) is 24.9 Å². The molecule has 31 heavy (non-hydrogen) atoms. The summed E-state index contributed by atoms with van der Waals surface area (Å²) >= 11 is 0. The molecule has 0 saturated carbocycles. The van der Waals surface area contributed by atoms with E-state index in [1.807, 2.05) is 23.0 Å². The highest BCUT2D eigenvalue weighted by molar-refractivity contribution is 5.61. The lowest BCUT2D eigenvalue weighted by molar-refractivity contribution is -0.0303. The van der Waals surface area contributed by atoms with Crippen LogP contribution in [0.1, 0.15) is 25.0 Å². The molecule has 1 aliphatic rings. The highest BCUT2D eigenvalue weighted by Crippen LogP contribution is 2.22. The molecule has 2 aromatic heterocycles. The van der Waals surface area contributed by atoms with Crippen molar-refractivity contribution in [2.24, 2.45) is 5.92 Å². The third kappa shape index (κ3) is 6.23.